The number of aliphatic hydroxyl groups is 1. The highest BCUT2D eigenvalue weighted by Gasteiger charge is 2.27. The van der Waals surface area contributed by atoms with Gasteiger partial charge in [0.2, 0.25) is 0 Å². The highest BCUT2D eigenvalue weighted by molar-refractivity contribution is 5.95. The van der Waals surface area contributed by atoms with E-state index in [0.29, 0.717) is 25.1 Å². The summed E-state index contributed by atoms with van der Waals surface area (Å²) >= 11 is 0. The lowest BCUT2D eigenvalue weighted by atomic mass is 10.2. The van der Waals surface area contributed by atoms with Gasteiger partial charge >= 0.3 is 0 Å². The quantitative estimate of drug-likeness (QED) is 0.778. The van der Waals surface area contributed by atoms with Gasteiger partial charge in [-0.15, -0.1) is 0 Å². The van der Waals surface area contributed by atoms with E-state index >= 15 is 0 Å². The molecule has 16 heavy (non-hydrogen) atoms. The first-order valence-electron chi connectivity index (χ1n) is 5.61. The summed E-state index contributed by atoms with van der Waals surface area (Å²) in [6.45, 7) is 3.06. The smallest absolute Gasteiger partial charge is 0.257 e. The number of β-amino-alcohol motifs (C(OH)–C–C–N with tert-alkyl or cyclic N) is 1. The van der Waals surface area contributed by atoms with Gasteiger partial charge in [-0.05, 0) is 12.8 Å². The van der Waals surface area contributed by atoms with Gasteiger partial charge in [-0.3, -0.25) is 9.48 Å². The predicted octanol–water partition coefficient (Wildman–Crippen LogP) is 0.189. The van der Waals surface area contributed by atoms with Crippen LogP contribution in [-0.2, 0) is 13.5 Å². The van der Waals surface area contributed by atoms with Crippen LogP contribution in [0.25, 0.3) is 0 Å². The number of hydrogen-bond donors (Lipinski definition) is 1. The number of carbonyl (C=O) groups is 1. The minimum atomic E-state index is -0.370. The molecule has 1 saturated heterocycles. The van der Waals surface area contributed by atoms with E-state index in [1.165, 1.54) is 0 Å². The average Bonchev–Trinajstić information content (AvgIpc) is 2.83. The van der Waals surface area contributed by atoms with E-state index < -0.39 is 0 Å². The molecule has 1 atom stereocenters. The molecule has 2 heterocycles. The van der Waals surface area contributed by atoms with E-state index in [9.17, 15) is 9.90 Å². The number of carbonyl (C=O) groups excluding carboxylic acids is 1. The third-order valence-electron chi connectivity index (χ3n) is 2.92. The lowest BCUT2D eigenvalue weighted by Crippen LogP contribution is -2.29. The molecule has 0 aliphatic carbocycles. The summed E-state index contributed by atoms with van der Waals surface area (Å²) in [5.74, 6) is -0.0125. The molecule has 0 spiro atoms. The van der Waals surface area contributed by atoms with E-state index in [4.69, 9.17) is 0 Å². The van der Waals surface area contributed by atoms with Crippen molar-refractivity contribution >= 4 is 5.91 Å². The van der Waals surface area contributed by atoms with Gasteiger partial charge < -0.3 is 10.0 Å². The third-order valence-corrected chi connectivity index (χ3v) is 2.92. The molecule has 0 radical (unpaired) electrons. The zero-order valence-electron chi connectivity index (χ0n) is 9.68. The largest absolute Gasteiger partial charge is 0.391 e. The van der Waals surface area contributed by atoms with E-state index in [1.807, 2.05) is 14.0 Å². The SMILES string of the molecule is CCc1nn(C)cc1C(=O)N1CC[C@H](O)C1. The molecular weight excluding hydrogens is 206 g/mol. The van der Waals surface area contributed by atoms with Crippen LogP contribution in [0.2, 0.25) is 0 Å². The molecule has 1 amide bonds. The molecule has 1 aliphatic rings. The summed E-state index contributed by atoms with van der Waals surface area (Å²) in [5.41, 5.74) is 1.49. The Morgan fingerprint density at radius 1 is 1.69 bits per heavy atom. The van der Waals surface area contributed by atoms with Crippen LogP contribution in [-0.4, -0.2) is 44.9 Å². The van der Waals surface area contributed by atoms with Crippen LogP contribution in [0, 0.1) is 0 Å². The van der Waals surface area contributed by atoms with Gasteiger partial charge in [-0.25, -0.2) is 0 Å². The van der Waals surface area contributed by atoms with Crippen LogP contribution < -0.4 is 0 Å². The van der Waals surface area contributed by atoms with Crippen molar-refractivity contribution in [3.8, 4) is 0 Å². The number of nitrogens with zero attached hydrogens (tertiary/aromatic N) is 3. The maximum absolute atomic E-state index is 12.1. The Labute approximate surface area is 94.7 Å². The van der Waals surface area contributed by atoms with Gasteiger partial charge in [0, 0.05) is 26.3 Å². The van der Waals surface area contributed by atoms with Crippen LogP contribution in [0.5, 0.6) is 0 Å². The van der Waals surface area contributed by atoms with Crippen molar-refractivity contribution in [2.75, 3.05) is 13.1 Å². The van der Waals surface area contributed by atoms with E-state index in [1.54, 1.807) is 15.8 Å². The standard InChI is InChI=1S/C11H17N3O2/c1-3-10-9(7-13(2)12-10)11(16)14-5-4-8(15)6-14/h7-8,15H,3-6H2,1-2H3/t8-/m0/s1. The maximum Gasteiger partial charge on any atom is 0.257 e. The maximum atomic E-state index is 12.1. The average molecular weight is 223 g/mol. The number of aryl methyl sites for hydroxylation is 2. The Balaban J connectivity index is 2.20. The molecular formula is C11H17N3O2. The second-order valence-corrected chi connectivity index (χ2v) is 4.21. The molecule has 2 rings (SSSR count). The molecule has 1 aromatic heterocycles. The lowest BCUT2D eigenvalue weighted by molar-refractivity contribution is 0.0764. The second-order valence-electron chi connectivity index (χ2n) is 4.21. The van der Waals surface area contributed by atoms with Crippen molar-refractivity contribution in [3.05, 3.63) is 17.5 Å². The Kier molecular flexibility index (Phi) is 2.96. The summed E-state index contributed by atoms with van der Waals surface area (Å²) in [6, 6.07) is 0. The first-order chi connectivity index (χ1) is 7.61. The fourth-order valence-electron chi connectivity index (χ4n) is 2.07. The fraction of sp³-hybridized carbons (Fsp3) is 0.636. The summed E-state index contributed by atoms with van der Waals surface area (Å²) in [6.07, 6.45) is 2.81. The van der Waals surface area contributed by atoms with E-state index in [0.717, 1.165) is 12.1 Å². The molecule has 5 nitrogen and oxygen atoms in total. The van der Waals surface area contributed by atoms with E-state index in [2.05, 4.69) is 5.10 Å². The van der Waals surface area contributed by atoms with Crippen LogP contribution in [0.1, 0.15) is 29.4 Å². The zero-order chi connectivity index (χ0) is 11.7. The van der Waals surface area contributed by atoms with E-state index in [-0.39, 0.29) is 12.0 Å². The summed E-state index contributed by atoms with van der Waals surface area (Å²) in [4.78, 5) is 13.8. The Hall–Kier alpha value is -1.36. The van der Waals surface area contributed by atoms with Crippen molar-refractivity contribution in [3.63, 3.8) is 0 Å². The van der Waals surface area contributed by atoms with Gasteiger partial charge in [-0.1, -0.05) is 6.92 Å². The van der Waals surface area contributed by atoms with Crippen LogP contribution in [0.3, 0.4) is 0 Å². The minimum Gasteiger partial charge on any atom is -0.391 e. The topological polar surface area (TPSA) is 58.4 Å². The summed E-state index contributed by atoms with van der Waals surface area (Å²) < 4.78 is 1.67. The molecule has 5 heteroatoms. The number of likely N-dealkylation sites (tertiary alicyclic amines) is 1. The Morgan fingerprint density at radius 2 is 2.44 bits per heavy atom. The van der Waals surface area contributed by atoms with Crippen LogP contribution in [0.15, 0.2) is 6.20 Å². The number of hydrogen-bond acceptors (Lipinski definition) is 3. The first-order valence-corrected chi connectivity index (χ1v) is 5.61. The molecule has 0 saturated carbocycles. The Bertz CT molecular complexity index is 400. The number of aromatic nitrogens is 2. The molecule has 88 valence electrons. The van der Waals surface area contributed by atoms with Crippen molar-refractivity contribution in [1.82, 2.24) is 14.7 Å². The summed E-state index contributed by atoms with van der Waals surface area (Å²) in [7, 11) is 1.81. The van der Waals surface area contributed by atoms with Gasteiger partial charge in [0.15, 0.2) is 0 Å². The van der Waals surface area contributed by atoms with Crippen molar-refractivity contribution in [1.29, 1.82) is 0 Å². The van der Waals surface area contributed by atoms with Crippen molar-refractivity contribution in [2.24, 2.45) is 7.05 Å². The summed E-state index contributed by atoms with van der Waals surface area (Å²) in [5, 5.41) is 13.7. The minimum absolute atomic E-state index is 0.0125. The van der Waals surface area contributed by atoms with Crippen molar-refractivity contribution < 1.29 is 9.90 Å². The number of rotatable bonds is 2. The monoisotopic (exact) mass is 223 g/mol. The van der Waals surface area contributed by atoms with Gasteiger partial charge in [0.05, 0.1) is 17.4 Å². The predicted molar refractivity (Wildman–Crippen MR) is 59.1 cm³/mol. The highest BCUT2D eigenvalue weighted by atomic mass is 16.3. The van der Waals surface area contributed by atoms with Crippen LogP contribution in [0.4, 0.5) is 0 Å². The molecule has 0 unspecified atom stereocenters. The van der Waals surface area contributed by atoms with Crippen LogP contribution >= 0.6 is 0 Å². The Morgan fingerprint density at radius 3 is 3.00 bits per heavy atom. The highest BCUT2D eigenvalue weighted by Crippen LogP contribution is 2.16. The molecule has 1 aromatic rings. The number of amides is 1. The molecule has 0 bridgehead atoms. The molecule has 0 aromatic carbocycles. The normalized spacial score (nSPS) is 20.4. The molecule has 1 aliphatic heterocycles. The van der Waals surface area contributed by atoms with Gasteiger partial charge in [0.1, 0.15) is 0 Å². The third kappa shape index (κ3) is 1.95. The molecule has 1 N–H and O–H groups in total. The second kappa shape index (κ2) is 4.25. The lowest BCUT2D eigenvalue weighted by Gasteiger charge is -2.14. The van der Waals surface area contributed by atoms with Crippen molar-refractivity contribution in [2.45, 2.75) is 25.9 Å². The fourth-order valence-corrected chi connectivity index (χ4v) is 2.07. The zero-order valence-corrected chi connectivity index (χ0v) is 9.68. The molecule has 1 fully saturated rings. The van der Waals surface area contributed by atoms with Gasteiger partial charge in [0.25, 0.3) is 5.91 Å². The number of aliphatic hydroxyl groups excluding tert-OH is 1. The first kappa shape index (κ1) is 11.1. The van der Waals surface area contributed by atoms with Gasteiger partial charge in [-0.2, -0.15) is 5.10 Å².